The third kappa shape index (κ3) is 9.82. The Morgan fingerprint density at radius 3 is 2.13 bits per heavy atom. The second-order valence-corrected chi connectivity index (χ2v) is 6.43. The van der Waals surface area contributed by atoms with E-state index in [9.17, 15) is 4.79 Å². The number of primary amides is 1. The first-order valence-corrected chi connectivity index (χ1v) is 9.76. The number of carbonyl (C=O) groups excluding carboxylic acids is 1. The first kappa shape index (κ1) is 25.5. The van der Waals surface area contributed by atoms with E-state index in [0.717, 1.165) is 43.2 Å². The van der Waals surface area contributed by atoms with Crippen LogP contribution in [0.25, 0.3) is 0 Å². The second-order valence-electron chi connectivity index (χ2n) is 6.43. The molecule has 0 fully saturated rings. The molecule has 2 rings (SSSR count). The fraction of sp³-hybridized carbons (Fsp3) is 0.364. The largest absolute Gasteiger partial charge is 0.497 e. The number of amides is 1. The number of nitrogens with zero attached hydrogens (tertiary/aromatic N) is 1. The molecule has 1 amide bonds. The Morgan fingerprint density at radius 1 is 0.967 bits per heavy atom. The predicted molar refractivity (Wildman–Crippen MR) is 131 cm³/mol. The summed E-state index contributed by atoms with van der Waals surface area (Å²) in [5.41, 5.74) is 7.46. The van der Waals surface area contributed by atoms with Crippen LogP contribution in [0.4, 0.5) is 0 Å². The zero-order valence-corrected chi connectivity index (χ0v) is 19.8. The van der Waals surface area contributed by atoms with Gasteiger partial charge in [0.25, 0.3) is 5.91 Å². The van der Waals surface area contributed by atoms with E-state index in [2.05, 4.69) is 27.8 Å². The number of benzene rings is 2. The van der Waals surface area contributed by atoms with Crippen LogP contribution in [-0.4, -0.2) is 45.2 Å². The van der Waals surface area contributed by atoms with Crippen molar-refractivity contribution in [1.82, 2.24) is 10.6 Å². The molecule has 0 atom stereocenters. The highest BCUT2D eigenvalue weighted by Gasteiger charge is 2.01. The maximum Gasteiger partial charge on any atom is 0.255 e. The Morgan fingerprint density at radius 2 is 1.57 bits per heavy atom. The third-order valence-corrected chi connectivity index (χ3v) is 4.18. The average molecular weight is 526 g/mol. The first-order chi connectivity index (χ1) is 14.1. The first-order valence-electron chi connectivity index (χ1n) is 9.76. The molecule has 30 heavy (non-hydrogen) atoms. The highest BCUT2D eigenvalue weighted by Crippen LogP contribution is 2.13. The quantitative estimate of drug-likeness (QED) is 0.238. The lowest BCUT2D eigenvalue weighted by molar-refractivity contribution is -0.119. The van der Waals surface area contributed by atoms with E-state index in [1.54, 1.807) is 7.11 Å². The van der Waals surface area contributed by atoms with Gasteiger partial charge in [-0.1, -0.05) is 24.3 Å². The van der Waals surface area contributed by atoms with Gasteiger partial charge in [0.15, 0.2) is 12.6 Å². The normalized spacial score (nSPS) is 10.7. The summed E-state index contributed by atoms with van der Waals surface area (Å²) < 4.78 is 10.4. The van der Waals surface area contributed by atoms with Crippen molar-refractivity contribution in [3.63, 3.8) is 0 Å². The number of ether oxygens (including phenoxy) is 2. The highest BCUT2D eigenvalue weighted by molar-refractivity contribution is 14.0. The molecule has 0 aromatic heterocycles. The molecular formula is C22H31IN4O3. The Labute approximate surface area is 195 Å². The summed E-state index contributed by atoms with van der Waals surface area (Å²) in [6, 6.07) is 15.7. The Kier molecular flexibility index (Phi) is 12.3. The van der Waals surface area contributed by atoms with E-state index in [1.165, 1.54) is 5.56 Å². The fourth-order valence-corrected chi connectivity index (χ4v) is 2.66. The van der Waals surface area contributed by atoms with Crippen LogP contribution in [0.15, 0.2) is 53.5 Å². The van der Waals surface area contributed by atoms with Gasteiger partial charge in [-0.2, -0.15) is 0 Å². The number of guanidine groups is 1. The van der Waals surface area contributed by atoms with Gasteiger partial charge < -0.3 is 25.8 Å². The van der Waals surface area contributed by atoms with Gasteiger partial charge in [0.1, 0.15) is 11.5 Å². The molecule has 0 heterocycles. The summed E-state index contributed by atoms with van der Waals surface area (Å²) in [4.78, 5) is 15.4. The number of aliphatic imine (C=N–C) groups is 1. The SMILES string of the molecule is CCNC(=NCCc1ccc(OCC(N)=O)cc1)NCCc1ccc(OC)cc1.I. The van der Waals surface area contributed by atoms with Crippen LogP contribution in [-0.2, 0) is 17.6 Å². The van der Waals surface area contributed by atoms with Gasteiger partial charge in [-0.3, -0.25) is 9.79 Å². The van der Waals surface area contributed by atoms with Crippen LogP contribution in [0.2, 0.25) is 0 Å². The van der Waals surface area contributed by atoms with Crippen LogP contribution in [0.5, 0.6) is 11.5 Å². The summed E-state index contributed by atoms with van der Waals surface area (Å²) >= 11 is 0. The van der Waals surface area contributed by atoms with Crippen molar-refractivity contribution in [2.24, 2.45) is 10.7 Å². The molecule has 0 aliphatic carbocycles. The maximum absolute atomic E-state index is 10.7. The van der Waals surface area contributed by atoms with Gasteiger partial charge in [-0.25, -0.2) is 0 Å². The molecule has 2 aromatic rings. The molecule has 0 saturated carbocycles. The molecule has 0 bridgehead atoms. The summed E-state index contributed by atoms with van der Waals surface area (Å²) in [6.45, 7) is 4.20. The van der Waals surface area contributed by atoms with Crippen molar-refractivity contribution >= 4 is 35.8 Å². The number of nitrogens with two attached hydrogens (primary N) is 1. The van der Waals surface area contributed by atoms with Gasteiger partial charge in [0.05, 0.1) is 7.11 Å². The molecule has 0 spiro atoms. The summed E-state index contributed by atoms with van der Waals surface area (Å²) in [5.74, 6) is 1.81. The van der Waals surface area contributed by atoms with Gasteiger partial charge >= 0.3 is 0 Å². The molecule has 4 N–H and O–H groups in total. The van der Waals surface area contributed by atoms with Gasteiger partial charge in [-0.15, -0.1) is 24.0 Å². The monoisotopic (exact) mass is 526 g/mol. The molecule has 8 heteroatoms. The van der Waals surface area contributed by atoms with Crippen molar-refractivity contribution in [3.05, 3.63) is 59.7 Å². The highest BCUT2D eigenvalue weighted by atomic mass is 127. The van der Waals surface area contributed by atoms with Crippen molar-refractivity contribution in [2.75, 3.05) is 33.4 Å². The standard InChI is InChI=1S/C22H30N4O3.HI/c1-3-24-22(25-14-12-17-4-8-19(28-2)9-5-17)26-15-13-18-6-10-20(11-7-18)29-16-21(23)27;/h4-11H,3,12-16H2,1-2H3,(H2,23,27)(H2,24,25,26);1H. The van der Waals surface area contributed by atoms with Crippen LogP contribution >= 0.6 is 24.0 Å². The number of rotatable bonds is 11. The molecular weight excluding hydrogens is 495 g/mol. The Balaban J connectivity index is 0.00000450. The van der Waals surface area contributed by atoms with Gasteiger partial charge in [0, 0.05) is 19.6 Å². The fourth-order valence-electron chi connectivity index (χ4n) is 2.66. The van der Waals surface area contributed by atoms with Crippen LogP contribution < -0.4 is 25.8 Å². The minimum absolute atomic E-state index is 0. The zero-order valence-electron chi connectivity index (χ0n) is 17.5. The summed E-state index contributed by atoms with van der Waals surface area (Å²) in [5, 5.41) is 6.63. The maximum atomic E-state index is 10.7. The van der Waals surface area contributed by atoms with E-state index in [1.807, 2.05) is 43.3 Å². The molecule has 0 aliphatic rings. The number of halogens is 1. The van der Waals surface area contributed by atoms with Gasteiger partial charge in [0.2, 0.25) is 0 Å². The molecule has 0 radical (unpaired) electrons. The van der Waals surface area contributed by atoms with Crippen LogP contribution in [0.1, 0.15) is 18.1 Å². The van der Waals surface area contributed by atoms with E-state index in [-0.39, 0.29) is 30.6 Å². The van der Waals surface area contributed by atoms with Crippen molar-refractivity contribution < 1.29 is 14.3 Å². The molecule has 2 aromatic carbocycles. The van der Waals surface area contributed by atoms with E-state index in [0.29, 0.717) is 12.3 Å². The molecule has 0 saturated heterocycles. The minimum Gasteiger partial charge on any atom is -0.497 e. The van der Waals surface area contributed by atoms with Crippen LogP contribution in [0, 0.1) is 0 Å². The van der Waals surface area contributed by atoms with Crippen molar-refractivity contribution in [3.8, 4) is 11.5 Å². The topological polar surface area (TPSA) is 98.0 Å². The minimum atomic E-state index is -0.487. The number of methoxy groups -OCH3 is 1. The Bertz CT molecular complexity index is 780. The number of carbonyl (C=O) groups is 1. The average Bonchev–Trinajstić information content (AvgIpc) is 2.73. The molecule has 0 unspecified atom stereocenters. The lowest BCUT2D eigenvalue weighted by Crippen LogP contribution is -2.38. The van der Waals surface area contributed by atoms with E-state index < -0.39 is 5.91 Å². The van der Waals surface area contributed by atoms with E-state index in [4.69, 9.17) is 15.2 Å². The summed E-state index contributed by atoms with van der Waals surface area (Å²) in [7, 11) is 1.67. The molecule has 7 nitrogen and oxygen atoms in total. The molecule has 0 aliphatic heterocycles. The lowest BCUT2D eigenvalue weighted by Gasteiger charge is -2.11. The number of nitrogens with one attached hydrogen (secondary N) is 2. The third-order valence-electron chi connectivity index (χ3n) is 4.18. The summed E-state index contributed by atoms with van der Waals surface area (Å²) in [6.07, 6.45) is 1.71. The molecule has 164 valence electrons. The number of hydrogen-bond acceptors (Lipinski definition) is 4. The van der Waals surface area contributed by atoms with Gasteiger partial charge in [-0.05, 0) is 55.2 Å². The Hall–Kier alpha value is -2.49. The van der Waals surface area contributed by atoms with Crippen molar-refractivity contribution in [1.29, 1.82) is 0 Å². The zero-order chi connectivity index (χ0) is 20.9. The number of hydrogen-bond donors (Lipinski definition) is 3. The second kappa shape index (κ2) is 14.5. The van der Waals surface area contributed by atoms with E-state index >= 15 is 0 Å². The smallest absolute Gasteiger partial charge is 0.255 e. The lowest BCUT2D eigenvalue weighted by atomic mass is 10.1. The van der Waals surface area contributed by atoms with Crippen molar-refractivity contribution in [2.45, 2.75) is 19.8 Å². The van der Waals surface area contributed by atoms with Crippen LogP contribution in [0.3, 0.4) is 0 Å². The predicted octanol–water partition coefficient (Wildman–Crippen LogP) is 2.52.